The van der Waals surface area contributed by atoms with Crippen LogP contribution in [-0.4, -0.2) is 27.2 Å². The zero-order chi connectivity index (χ0) is 20.2. The maximum atomic E-state index is 12.2. The van der Waals surface area contributed by atoms with Gasteiger partial charge >= 0.3 is 0 Å². The van der Waals surface area contributed by atoms with Crippen molar-refractivity contribution in [1.29, 1.82) is 0 Å². The molecule has 0 aliphatic carbocycles. The molecule has 2 heterocycles. The molecule has 0 unspecified atom stereocenters. The van der Waals surface area contributed by atoms with E-state index in [0.29, 0.717) is 12.2 Å². The third-order valence-electron chi connectivity index (χ3n) is 5.05. The van der Waals surface area contributed by atoms with Crippen molar-refractivity contribution in [3.63, 3.8) is 0 Å². The summed E-state index contributed by atoms with van der Waals surface area (Å²) in [5.74, 6) is -0.0748. The minimum atomic E-state index is -0.0748. The molecule has 2 aromatic heterocycles. The number of carbonyl (C=O) groups excluding carboxylic acids is 1. The second kappa shape index (κ2) is 8.27. The van der Waals surface area contributed by atoms with Gasteiger partial charge in [-0.2, -0.15) is 5.10 Å². The van der Waals surface area contributed by atoms with Crippen molar-refractivity contribution in [2.24, 2.45) is 7.05 Å². The number of pyridine rings is 1. The number of nitrogens with one attached hydrogen (secondary N) is 1. The Morgan fingerprint density at radius 1 is 1.03 bits per heavy atom. The number of aryl methyl sites for hydroxylation is 3. The van der Waals surface area contributed by atoms with E-state index in [1.807, 2.05) is 19.2 Å². The summed E-state index contributed by atoms with van der Waals surface area (Å²) in [4.78, 5) is 16.6. The average molecular weight is 384 g/mol. The number of nitrogens with zero attached hydrogens (tertiary/aromatic N) is 3. The predicted molar refractivity (Wildman–Crippen MR) is 116 cm³/mol. The number of amides is 1. The SMILES string of the molecule is Cc1cc(C(=O)NCCCc2ccc(-c3ccc4ncccc4c3)cc2)n(C)n1. The van der Waals surface area contributed by atoms with Gasteiger partial charge in [0.1, 0.15) is 5.69 Å². The van der Waals surface area contributed by atoms with Crippen LogP contribution in [0.3, 0.4) is 0 Å². The van der Waals surface area contributed by atoms with Crippen LogP contribution in [-0.2, 0) is 13.5 Å². The molecule has 0 saturated heterocycles. The van der Waals surface area contributed by atoms with E-state index in [-0.39, 0.29) is 5.91 Å². The van der Waals surface area contributed by atoms with E-state index in [1.54, 1.807) is 17.8 Å². The van der Waals surface area contributed by atoms with Crippen molar-refractivity contribution in [3.8, 4) is 11.1 Å². The van der Waals surface area contributed by atoms with Crippen molar-refractivity contribution in [2.75, 3.05) is 6.54 Å². The first-order chi connectivity index (χ1) is 14.1. The van der Waals surface area contributed by atoms with Crippen LogP contribution >= 0.6 is 0 Å². The molecule has 4 aromatic rings. The number of hydrogen-bond acceptors (Lipinski definition) is 3. The van der Waals surface area contributed by atoms with E-state index in [1.165, 1.54) is 16.7 Å². The van der Waals surface area contributed by atoms with E-state index >= 15 is 0 Å². The minimum Gasteiger partial charge on any atom is -0.351 e. The molecule has 5 heteroatoms. The van der Waals surface area contributed by atoms with Crippen molar-refractivity contribution in [1.82, 2.24) is 20.1 Å². The first-order valence-electron chi connectivity index (χ1n) is 9.83. The van der Waals surface area contributed by atoms with E-state index in [0.717, 1.165) is 29.4 Å². The Labute approximate surface area is 170 Å². The molecule has 0 radical (unpaired) electrons. The fourth-order valence-electron chi connectivity index (χ4n) is 3.53. The molecule has 0 saturated carbocycles. The van der Waals surface area contributed by atoms with Crippen molar-refractivity contribution >= 4 is 16.8 Å². The summed E-state index contributed by atoms with van der Waals surface area (Å²) in [6.07, 6.45) is 3.63. The zero-order valence-electron chi connectivity index (χ0n) is 16.7. The highest BCUT2D eigenvalue weighted by Gasteiger charge is 2.10. The lowest BCUT2D eigenvalue weighted by Crippen LogP contribution is -2.26. The van der Waals surface area contributed by atoms with Gasteiger partial charge < -0.3 is 5.32 Å². The molecular formula is C24H24N4O. The Morgan fingerprint density at radius 3 is 2.59 bits per heavy atom. The van der Waals surface area contributed by atoms with Gasteiger partial charge in [0.15, 0.2) is 0 Å². The van der Waals surface area contributed by atoms with E-state index in [4.69, 9.17) is 0 Å². The predicted octanol–water partition coefficient (Wildman–Crippen LogP) is 4.31. The second-order valence-electron chi connectivity index (χ2n) is 7.26. The van der Waals surface area contributed by atoms with Crippen LogP contribution in [0, 0.1) is 6.92 Å². The highest BCUT2D eigenvalue weighted by molar-refractivity contribution is 5.92. The summed E-state index contributed by atoms with van der Waals surface area (Å²) in [6.45, 7) is 2.53. The van der Waals surface area contributed by atoms with E-state index in [9.17, 15) is 4.79 Å². The Kier molecular flexibility index (Phi) is 5.38. The Balaban J connectivity index is 1.32. The third-order valence-corrected chi connectivity index (χ3v) is 5.05. The lowest BCUT2D eigenvalue weighted by Gasteiger charge is -2.07. The molecule has 0 bridgehead atoms. The average Bonchev–Trinajstić information content (AvgIpc) is 3.09. The number of rotatable bonds is 6. The molecule has 1 amide bonds. The molecular weight excluding hydrogens is 360 g/mol. The molecule has 4 rings (SSSR count). The summed E-state index contributed by atoms with van der Waals surface area (Å²) in [5, 5.41) is 8.33. The number of fused-ring (bicyclic) bond motifs is 1. The summed E-state index contributed by atoms with van der Waals surface area (Å²) in [6, 6.07) is 20.8. The second-order valence-corrected chi connectivity index (χ2v) is 7.26. The highest BCUT2D eigenvalue weighted by Crippen LogP contribution is 2.24. The molecule has 0 atom stereocenters. The quantitative estimate of drug-likeness (QED) is 0.504. The van der Waals surface area contributed by atoms with Gasteiger partial charge in [-0.05, 0) is 60.7 Å². The number of carbonyl (C=O) groups is 1. The number of aromatic nitrogens is 3. The van der Waals surface area contributed by atoms with Gasteiger partial charge in [0.2, 0.25) is 0 Å². The molecule has 29 heavy (non-hydrogen) atoms. The zero-order valence-corrected chi connectivity index (χ0v) is 16.7. The lowest BCUT2D eigenvalue weighted by atomic mass is 10.0. The van der Waals surface area contributed by atoms with Crippen molar-refractivity contribution in [2.45, 2.75) is 19.8 Å². The van der Waals surface area contributed by atoms with E-state index < -0.39 is 0 Å². The first kappa shape index (κ1) is 18.9. The topological polar surface area (TPSA) is 59.8 Å². The summed E-state index contributed by atoms with van der Waals surface area (Å²) < 4.78 is 1.62. The van der Waals surface area contributed by atoms with Gasteiger partial charge in [-0.15, -0.1) is 0 Å². The monoisotopic (exact) mass is 384 g/mol. The standard InChI is InChI=1S/C24H24N4O/c1-17-15-23(28(2)27-17)24(29)26-14-3-5-18-7-9-19(10-8-18)20-11-12-22-21(16-20)6-4-13-25-22/h4,6-13,15-16H,3,5,14H2,1-2H3,(H,26,29). The van der Waals surface area contributed by atoms with Crippen molar-refractivity contribution in [3.05, 3.63) is 83.8 Å². The maximum Gasteiger partial charge on any atom is 0.269 e. The van der Waals surface area contributed by atoms with Crippen LogP contribution in [0.1, 0.15) is 28.2 Å². The molecule has 5 nitrogen and oxygen atoms in total. The van der Waals surface area contributed by atoms with Gasteiger partial charge in [-0.1, -0.05) is 36.4 Å². The smallest absolute Gasteiger partial charge is 0.269 e. The van der Waals surface area contributed by atoms with Crippen LogP contribution in [0.15, 0.2) is 66.9 Å². The Hall–Kier alpha value is -3.47. The number of benzene rings is 2. The van der Waals surface area contributed by atoms with Gasteiger partial charge in [0.25, 0.3) is 5.91 Å². The summed E-state index contributed by atoms with van der Waals surface area (Å²) in [7, 11) is 1.79. The van der Waals surface area contributed by atoms with E-state index in [2.05, 4.69) is 63.9 Å². The van der Waals surface area contributed by atoms with Crippen LogP contribution in [0.4, 0.5) is 0 Å². The molecule has 0 aliphatic heterocycles. The Bertz CT molecular complexity index is 1150. The number of hydrogen-bond donors (Lipinski definition) is 1. The summed E-state index contributed by atoms with van der Waals surface area (Å²) in [5.41, 5.74) is 6.10. The Morgan fingerprint density at radius 2 is 1.83 bits per heavy atom. The normalized spacial score (nSPS) is 11.0. The maximum absolute atomic E-state index is 12.2. The third kappa shape index (κ3) is 4.35. The van der Waals surface area contributed by atoms with Crippen LogP contribution in [0.5, 0.6) is 0 Å². The van der Waals surface area contributed by atoms with Gasteiger partial charge in [-0.3, -0.25) is 14.5 Å². The summed E-state index contributed by atoms with van der Waals surface area (Å²) >= 11 is 0. The molecule has 0 spiro atoms. The van der Waals surface area contributed by atoms with Crippen LogP contribution < -0.4 is 5.32 Å². The fourth-order valence-corrected chi connectivity index (χ4v) is 3.53. The molecule has 1 N–H and O–H groups in total. The molecule has 2 aromatic carbocycles. The largest absolute Gasteiger partial charge is 0.351 e. The highest BCUT2D eigenvalue weighted by atomic mass is 16.2. The molecule has 146 valence electrons. The fraction of sp³-hybridized carbons (Fsp3) is 0.208. The first-order valence-corrected chi connectivity index (χ1v) is 9.83. The molecule has 0 aliphatic rings. The lowest BCUT2D eigenvalue weighted by molar-refractivity contribution is 0.0944. The minimum absolute atomic E-state index is 0.0748. The van der Waals surface area contributed by atoms with Gasteiger partial charge in [0, 0.05) is 25.2 Å². The van der Waals surface area contributed by atoms with Crippen LogP contribution in [0.2, 0.25) is 0 Å². The van der Waals surface area contributed by atoms with Gasteiger partial charge in [0.05, 0.1) is 11.2 Å². The molecule has 0 fully saturated rings. The van der Waals surface area contributed by atoms with Gasteiger partial charge in [-0.25, -0.2) is 0 Å². The van der Waals surface area contributed by atoms with Crippen LogP contribution in [0.25, 0.3) is 22.0 Å². The van der Waals surface area contributed by atoms with Crippen molar-refractivity contribution < 1.29 is 4.79 Å².